The second kappa shape index (κ2) is 13.3. The zero-order valence-electron chi connectivity index (χ0n) is 14.8. The van der Waals surface area contributed by atoms with Gasteiger partial charge in [0.25, 0.3) is 0 Å². The van der Waals surface area contributed by atoms with Gasteiger partial charge in [0.2, 0.25) is 0 Å². The number of methoxy groups -OCH3 is 1. The molecule has 0 N–H and O–H groups in total. The fourth-order valence-electron chi connectivity index (χ4n) is 3.10. The average Bonchev–Trinajstić information content (AvgIpc) is 3.30. The van der Waals surface area contributed by atoms with Gasteiger partial charge in [-0.05, 0) is 19.3 Å². The van der Waals surface area contributed by atoms with Crippen LogP contribution in [-0.4, -0.2) is 23.6 Å². The Morgan fingerprint density at radius 3 is 1.77 bits per heavy atom. The molecule has 1 aliphatic rings. The van der Waals surface area contributed by atoms with Crippen LogP contribution < -0.4 is 0 Å². The lowest BCUT2D eigenvalue weighted by Crippen LogP contribution is -1.99. The van der Waals surface area contributed by atoms with Gasteiger partial charge in [-0.15, -0.1) is 0 Å². The third kappa shape index (κ3) is 10.5. The predicted octanol–water partition coefficient (Wildman–Crippen LogP) is 6.12. The lowest BCUT2D eigenvalue weighted by Gasteiger charge is -2.03. The number of hydrogen-bond acceptors (Lipinski definition) is 3. The minimum absolute atomic E-state index is 0.0644. The molecular formula is C19H36O2S. The number of ether oxygens (including phenoxy) is 1. The molecule has 0 aromatic rings. The molecule has 2 unspecified atom stereocenters. The van der Waals surface area contributed by atoms with Crippen molar-refractivity contribution in [2.75, 3.05) is 7.11 Å². The van der Waals surface area contributed by atoms with Crippen LogP contribution in [0.5, 0.6) is 0 Å². The van der Waals surface area contributed by atoms with Crippen LogP contribution in [0.15, 0.2) is 0 Å². The summed E-state index contributed by atoms with van der Waals surface area (Å²) in [6, 6.07) is 0. The largest absolute Gasteiger partial charge is 0.469 e. The Balaban J connectivity index is 1.67. The summed E-state index contributed by atoms with van der Waals surface area (Å²) < 4.78 is 4.64. The second-order valence-electron chi connectivity index (χ2n) is 6.63. The number of rotatable bonds is 15. The molecule has 0 aliphatic carbocycles. The van der Waals surface area contributed by atoms with Crippen LogP contribution in [0.2, 0.25) is 0 Å². The molecule has 0 bridgehead atoms. The summed E-state index contributed by atoms with van der Waals surface area (Å²) in [6.45, 7) is 2.32. The first-order chi connectivity index (χ1) is 10.8. The maximum atomic E-state index is 10.9. The fraction of sp³-hybridized carbons (Fsp3) is 0.947. The number of unbranched alkanes of at least 4 members (excludes halogenated alkanes) is 10. The molecule has 1 aliphatic heterocycles. The maximum absolute atomic E-state index is 10.9. The summed E-state index contributed by atoms with van der Waals surface area (Å²) in [6.07, 6.45) is 18.1. The molecular weight excluding hydrogens is 292 g/mol. The fourth-order valence-corrected chi connectivity index (χ4v) is 4.28. The van der Waals surface area contributed by atoms with Crippen LogP contribution in [-0.2, 0) is 9.53 Å². The van der Waals surface area contributed by atoms with E-state index in [1.54, 1.807) is 0 Å². The van der Waals surface area contributed by atoms with Crippen molar-refractivity contribution in [1.29, 1.82) is 0 Å². The molecule has 0 amide bonds. The van der Waals surface area contributed by atoms with Crippen LogP contribution >= 0.6 is 11.8 Å². The smallest absolute Gasteiger partial charge is 0.305 e. The van der Waals surface area contributed by atoms with Crippen LogP contribution in [0.4, 0.5) is 0 Å². The number of thioether (sulfide) groups is 1. The molecule has 1 heterocycles. The summed E-state index contributed by atoms with van der Waals surface area (Å²) in [7, 11) is 1.47. The van der Waals surface area contributed by atoms with Gasteiger partial charge in [-0.3, -0.25) is 4.79 Å². The van der Waals surface area contributed by atoms with E-state index in [2.05, 4.69) is 23.4 Å². The second-order valence-corrected chi connectivity index (χ2v) is 8.11. The Morgan fingerprint density at radius 2 is 1.32 bits per heavy atom. The molecule has 1 saturated heterocycles. The van der Waals surface area contributed by atoms with E-state index < -0.39 is 0 Å². The van der Waals surface area contributed by atoms with E-state index >= 15 is 0 Å². The Kier molecular flexibility index (Phi) is 12.0. The van der Waals surface area contributed by atoms with E-state index in [4.69, 9.17) is 0 Å². The van der Waals surface area contributed by atoms with Gasteiger partial charge in [0.1, 0.15) is 0 Å². The lowest BCUT2D eigenvalue weighted by atomic mass is 10.0. The molecule has 0 radical (unpaired) electrons. The standard InChI is InChI=1S/C19H36O2S/c1-3-17-18(22-17)15-13-11-9-7-5-4-6-8-10-12-14-16-19(20)21-2/h17-18H,3-16H2,1-2H3. The van der Waals surface area contributed by atoms with Crippen molar-refractivity contribution in [3.8, 4) is 0 Å². The molecule has 2 atom stereocenters. The topological polar surface area (TPSA) is 26.3 Å². The number of carbonyl (C=O) groups is 1. The van der Waals surface area contributed by atoms with E-state index in [0.717, 1.165) is 16.9 Å². The van der Waals surface area contributed by atoms with Crippen molar-refractivity contribution in [1.82, 2.24) is 0 Å². The average molecular weight is 329 g/mol. The molecule has 1 rings (SSSR count). The molecule has 0 saturated carbocycles. The van der Waals surface area contributed by atoms with Gasteiger partial charge in [0.05, 0.1) is 7.11 Å². The minimum Gasteiger partial charge on any atom is -0.469 e. The van der Waals surface area contributed by atoms with Gasteiger partial charge in [-0.25, -0.2) is 0 Å². The number of hydrogen-bond donors (Lipinski definition) is 0. The highest BCUT2D eigenvalue weighted by atomic mass is 32.2. The minimum atomic E-state index is -0.0644. The highest BCUT2D eigenvalue weighted by molar-refractivity contribution is 8.07. The van der Waals surface area contributed by atoms with Gasteiger partial charge in [-0.2, -0.15) is 11.8 Å². The van der Waals surface area contributed by atoms with E-state index in [0.29, 0.717) is 6.42 Å². The number of carbonyl (C=O) groups excluding carboxylic acids is 1. The van der Waals surface area contributed by atoms with Crippen molar-refractivity contribution in [2.45, 2.75) is 107 Å². The summed E-state index contributed by atoms with van der Waals surface area (Å²) in [5.74, 6) is -0.0644. The Morgan fingerprint density at radius 1 is 0.818 bits per heavy atom. The normalized spacial score (nSPS) is 20.1. The molecule has 22 heavy (non-hydrogen) atoms. The first kappa shape index (κ1) is 19.9. The lowest BCUT2D eigenvalue weighted by molar-refractivity contribution is -0.140. The predicted molar refractivity (Wildman–Crippen MR) is 97.5 cm³/mol. The highest BCUT2D eigenvalue weighted by Crippen LogP contribution is 2.46. The Bertz CT molecular complexity index is 281. The molecule has 1 fully saturated rings. The van der Waals surface area contributed by atoms with Gasteiger partial charge in [0, 0.05) is 16.9 Å². The molecule has 130 valence electrons. The van der Waals surface area contributed by atoms with E-state index in [9.17, 15) is 4.79 Å². The van der Waals surface area contributed by atoms with Crippen molar-refractivity contribution < 1.29 is 9.53 Å². The molecule has 3 heteroatoms. The third-order valence-corrected chi connectivity index (χ3v) is 6.30. The quantitative estimate of drug-likeness (QED) is 0.206. The summed E-state index contributed by atoms with van der Waals surface area (Å²) in [5.41, 5.74) is 0. The van der Waals surface area contributed by atoms with Gasteiger partial charge >= 0.3 is 5.97 Å². The van der Waals surface area contributed by atoms with Crippen LogP contribution in [0.3, 0.4) is 0 Å². The van der Waals surface area contributed by atoms with Crippen LogP contribution in [0.1, 0.15) is 96.8 Å². The van der Waals surface area contributed by atoms with Gasteiger partial charge < -0.3 is 4.74 Å². The zero-order valence-corrected chi connectivity index (χ0v) is 15.6. The van der Waals surface area contributed by atoms with Crippen molar-refractivity contribution in [3.05, 3.63) is 0 Å². The highest BCUT2D eigenvalue weighted by Gasteiger charge is 2.35. The first-order valence-electron chi connectivity index (χ1n) is 9.50. The molecule has 0 aromatic carbocycles. The molecule has 2 nitrogen and oxygen atoms in total. The molecule has 0 aromatic heterocycles. The monoisotopic (exact) mass is 328 g/mol. The molecule has 0 spiro atoms. The Hall–Kier alpha value is -0.180. The summed E-state index contributed by atoms with van der Waals surface area (Å²) in [4.78, 5) is 10.9. The van der Waals surface area contributed by atoms with Gasteiger partial charge in [0.15, 0.2) is 0 Å². The Labute approximate surface area is 142 Å². The van der Waals surface area contributed by atoms with Crippen molar-refractivity contribution in [3.63, 3.8) is 0 Å². The first-order valence-corrected chi connectivity index (χ1v) is 10.4. The SMILES string of the molecule is CCC1SC1CCCCCCCCCCCCCC(=O)OC. The van der Waals surface area contributed by atoms with Crippen molar-refractivity contribution in [2.24, 2.45) is 0 Å². The van der Waals surface area contributed by atoms with E-state index in [1.807, 2.05) is 0 Å². The van der Waals surface area contributed by atoms with Crippen molar-refractivity contribution >= 4 is 17.7 Å². The van der Waals surface area contributed by atoms with Gasteiger partial charge in [-0.1, -0.05) is 71.1 Å². The third-order valence-electron chi connectivity index (χ3n) is 4.69. The number of esters is 1. The maximum Gasteiger partial charge on any atom is 0.305 e. The van der Waals surface area contributed by atoms with Crippen LogP contribution in [0.25, 0.3) is 0 Å². The van der Waals surface area contributed by atoms with Crippen LogP contribution in [0, 0.1) is 0 Å². The van der Waals surface area contributed by atoms with E-state index in [1.165, 1.54) is 84.2 Å². The summed E-state index contributed by atoms with van der Waals surface area (Å²) >= 11 is 2.20. The zero-order chi connectivity index (χ0) is 16.0. The summed E-state index contributed by atoms with van der Waals surface area (Å²) in [5, 5.41) is 2.02. The van der Waals surface area contributed by atoms with E-state index in [-0.39, 0.29) is 5.97 Å².